The second kappa shape index (κ2) is 10.5. The summed E-state index contributed by atoms with van der Waals surface area (Å²) < 4.78 is 25.3. The van der Waals surface area contributed by atoms with E-state index in [9.17, 15) is 13.2 Å². The van der Waals surface area contributed by atoms with Crippen molar-refractivity contribution in [2.75, 3.05) is 19.3 Å². The predicted octanol–water partition coefficient (Wildman–Crippen LogP) is 3.22. The Balaban J connectivity index is 2.33. The zero-order chi connectivity index (χ0) is 18.0. The molecule has 0 aliphatic rings. The van der Waals surface area contributed by atoms with E-state index in [1.165, 1.54) is 17.4 Å². The summed E-state index contributed by atoms with van der Waals surface area (Å²) in [6.45, 7) is 3.10. The number of hydrogen-bond donors (Lipinski definition) is 1. The fraction of sp³-hybridized carbons (Fsp3) is 0.611. The van der Waals surface area contributed by atoms with E-state index >= 15 is 0 Å². The Morgan fingerprint density at radius 2 is 1.75 bits per heavy atom. The Hall–Kier alpha value is -1.40. The van der Waals surface area contributed by atoms with Gasteiger partial charge in [-0.2, -0.15) is 0 Å². The van der Waals surface area contributed by atoms with Crippen molar-refractivity contribution >= 4 is 16.0 Å². The summed E-state index contributed by atoms with van der Waals surface area (Å²) in [5, 5.41) is 8.59. The molecule has 1 rings (SSSR count). The van der Waals surface area contributed by atoms with Crippen LogP contribution in [0.15, 0.2) is 24.3 Å². The van der Waals surface area contributed by atoms with Crippen molar-refractivity contribution < 1.29 is 18.3 Å². The highest BCUT2D eigenvalue weighted by atomic mass is 32.2. The lowest BCUT2D eigenvalue weighted by Crippen LogP contribution is -2.32. The first-order chi connectivity index (χ1) is 11.3. The molecule has 0 aromatic heterocycles. The SMILES string of the molecule is Cc1cccc(CCCN(CCCCCCC(=O)O)S(C)(=O)=O)c1. The van der Waals surface area contributed by atoms with Crippen LogP contribution in [-0.4, -0.2) is 43.1 Å². The zero-order valence-electron chi connectivity index (χ0n) is 14.7. The van der Waals surface area contributed by atoms with E-state index in [1.54, 1.807) is 4.31 Å². The third-order valence-corrected chi connectivity index (χ3v) is 5.28. The summed E-state index contributed by atoms with van der Waals surface area (Å²) in [5.41, 5.74) is 2.45. The number of carboxylic acids is 1. The summed E-state index contributed by atoms with van der Waals surface area (Å²) >= 11 is 0. The molecule has 0 unspecified atom stereocenters. The summed E-state index contributed by atoms with van der Waals surface area (Å²) in [4.78, 5) is 10.4. The average Bonchev–Trinajstić information content (AvgIpc) is 2.47. The van der Waals surface area contributed by atoms with E-state index in [4.69, 9.17) is 5.11 Å². The molecule has 0 saturated carbocycles. The van der Waals surface area contributed by atoms with Crippen LogP contribution in [-0.2, 0) is 21.2 Å². The molecule has 0 fully saturated rings. The number of benzene rings is 1. The number of unbranched alkanes of at least 4 members (excludes halogenated alkanes) is 3. The Kier molecular flexibility index (Phi) is 9.00. The number of rotatable bonds is 12. The molecule has 0 aliphatic carbocycles. The van der Waals surface area contributed by atoms with E-state index in [2.05, 4.69) is 25.1 Å². The van der Waals surface area contributed by atoms with Crippen molar-refractivity contribution in [3.05, 3.63) is 35.4 Å². The first kappa shape index (κ1) is 20.6. The highest BCUT2D eigenvalue weighted by Crippen LogP contribution is 2.10. The molecule has 5 nitrogen and oxygen atoms in total. The molecule has 1 aromatic rings. The van der Waals surface area contributed by atoms with Gasteiger partial charge in [-0.15, -0.1) is 0 Å². The fourth-order valence-electron chi connectivity index (χ4n) is 2.69. The van der Waals surface area contributed by atoms with Crippen LogP contribution in [0.5, 0.6) is 0 Å². The number of hydrogen-bond acceptors (Lipinski definition) is 3. The molecule has 0 heterocycles. The molecule has 136 valence electrons. The lowest BCUT2D eigenvalue weighted by molar-refractivity contribution is -0.137. The normalized spacial score (nSPS) is 11.8. The Morgan fingerprint density at radius 3 is 2.38 bits per heavy atom. The molecule has 6 heteroatoms. The van der Waals surface area contributed by atoms with Gasteiger partial charge in [0.25, 0.3) is 0 Å². The van der Waals surface area contributed by atoms with Gasteiger partial charge in [0, 0.05) is 19.5 Å². The van der Waals surface area contributed by atoms with Gasteiger partial charge in [0.05, 0.1) is 6.26 Å². The molecule has 1 aromatic carbocycles. The zero-order valence-corrected chi connectivity index (χ0v) is 15.5. The molecule has 0 amide bonds. The molecule has 0 saturated heterocycles. The maximum Gasteiger partial charge on any atom is 0.303 e. The topological polar surface area (TPSA) is 74.7 Å². The standard InChI is InChI=1S/C18H29NO4S/c1-16-9-7-10-17(15-16)11-8-14-19(24(2,22)23)13-6-4-3-5-12-18(20)21/h7,9-10,15H,3-6,8,11-14H2,1-2H3,(H,20,21). The van der Waals surface area contributed by atoms with Gasteiger partial charge in [0.2, 0.25) is 10.0 Å². The van der Waals surface area contributed by atoms with E-state index in [1.807, 2.05) is 6.07 Å². The minimum atomic E-state index is -3.19. The van der Waals surface area contributed by atoms with Gasteiger partial charge in [-0.1, -0.05) is 42.7 Å². The second-order valence-electron chi connectivity index (χ2n) is 6.31. The molecule has 0 bridgehead atoms. The van der Waals surface area contributed by atoms with E-state index in [-0.39, 0.29) is 6.42 Å². The third kappa shape index (κ3) is 9.03. The quantitative estimate of drug-likeness (QED) is 0.584. The van der Waals surface area contributed by atoms with E-state index in [0.717, 1.165) is 32.1 Å². The van der Waals surface area contributed by atoms with Crippen molar-refractivity contribution in [2.24, 2.45) is 0 Å². The maximum atomic E-state index is 11.9. The predicted molar refractivity (Wildman–Crippen MR) is 96.6 cm³/mol. The lowest BCUT2D eigenvalue weighted by atomic mass is 10.1. The highest BCUT2D eigenvalue weighted by Gasteiger charge is 2.15. The number of carboxylic acid groups (broad SMARTS) is 1. The maximum absolute atomic E-state index is 11.9. The van der Waals surface area contributed by atoms with Gasteiger partial charge in [-0.05, 0) is 38.2 Å². The Bertz CT molecular complexity index is 613. The number of carbonyl (C=O) groups is 1. The van der Waals surface area contributed by atoms with Crippen molar-refractivity contribution in [3.63, 3.8) is 0 Å². The fourth-order valence-corrected chi connectivity index (χ4v) is 3.61. The van der Waals surface area contributed by atoms with E-state index < -0.39 is 16.0 Å². The van der Waals surface area contributed by atoms with Gasteiger partial charge in [-0.25, -0.2) is 12.7 Å². The van der Waals surface area contributed by atoms with Crippen LogP contribution in [0.25, 0.3) is 0 Å². The molecule has 0 radical (unpaired) electrons. The van der Waals surface area contributed by atoms with Gasteiger partial charge < -0.3 is 5.11 Å². The molecule has 0 spiro atoms. The first-order valence-corrected chi connectivity index (χ1v) is 10.4. The molecular weight excluding hydrogens is 326 g/mol. The van der Waals surface area contributed by atoms with Crippen LogP contribution in [0.4, 0.5) is 0 Å². The number of nitrogens with zero attached hydrogens (tertiary/aromatic N) is 1. The summed E-state index contributed by atoms with van der Waals surface area (Å²) in [5.74, 6) is -0.774. The number of aryl methyl sites for hydroxylation is 2. The summed E-state index contributed by atoms with van der Waals surface area (Å²) in [6.07, 6.45) is 6.22. The molecule has 1 N–H and O–H groups in total. The van der Waals surface area contributed by atoms with Crippen molar-refractivity contribution in [3.8, 4) is 0 Å². The largest absolute Gasteiger partial charge is 0.481 e. The number of aliphatic carboxylic acids is 1. The third-order valence-electron chi connectivity index (χ3n) is 3.97. The van der Waals surface area contributed by atoms with Crippen LogP contribution in [0, 0.1) is 6.92 Å². The summed E-state index contributed by atoms with van der Waals surface area (Å²) in [6, 6.07) is 8.28. The minimum Gasteiger partial charge on any atom is -0.481 e. The van der Waals surface area contributed by atoms with Crippen molar-refractivity contribution in [1.82, 2.24) is 4.31 Å². The Labute approximate surface area is 145 Å². The van der Waals surface area contributed by atoms with Crippen molar-refractivity contribution in [2.45, 2.75) is 51.9 Å². The van der Waals surface area contributed by atoms with Gasteiger partial charge >= 0.3 is 5.97 Å². The smallest absolute Gasteiger partial charge is 0.303 e. The molecule has 0 aliphatic heterocycles. The first-order valence-electron chi connectivity index (χ1n) is 8.51. The molecular formula is C18H29NO4S. The number of sulfonamides is 1. The average molecular weight is 356 g/mol. The molecule has 24 heavy (non-hydrogen) atoms. The van der Waals surface area contributed by atoms with Gasteiger partial charge in [0.1, 0.15) is 0 Å². The minimum absolute atomic E-state index is 0.187. The summed E-state index contributed by atoms with van der Waals surface area (Å²) in [7, 11) is -3.19. The second-order valence-corrected chi connectivity index (χ2v) is 8.30. The van der Waals surface area contributed by atoms with Crippen LogP contribution in [0.2, 0.25) is 0 Å². The van der Waals surface area contributed by atoms with E-state index in [0.29, 0.717) is 19.5 Å². The van der Waals surface area contributed by atoms with Crippen LogP contribution < -0.4 is 0 Å². The van der Waals surface area contributed by atoms with Gasteiger partial charge in [-0.3, -0.25) is 4.79 Å². The highest BCUT2D eigenvalue weighted by molar-refractivity contribution is 7.88. The van der Waals surface area contributed by atoms with Crippen LogP contribution >= 0.6 is 0 Å². The molecule has 0 atom stereocenters. The van der Waals surface area contributed by atoms with Crippen LogP contribution in [0.3, 0.4) is 0 Å². The van der Waals surface area contributed by atoms with Crippen LogP contribution in [0.1, 0.15) is 49.7 Å². The lowest BCUT2D eigenvalue weighted by Gasteiger charge is -2.20. The monoisotopic (exact) mass is 355 g/mol. The van der Waals surface area contributed by atoms with Gasteiger partial charge in [0.15, 0.2) is 0 Å². The van der Waals surface area contributed by atoms with Crippen molar-refractivity contribution in [1.29, 1.82) is 0 Å². The Morgan fingerprint density at radius 1 is 1.08 bits per heavy atom.